The van der Waals surface area contributed by atoms with Gasteiger partial charge in [-0.2, -0.15) is 0 Å². The standard InChI is InChI=1S/C34H54O9/c1-18-7-9-25-20(3)27(36-29-33(25)23(18)11-13-31(5,38-29)40-42-33)15-22(17-35)16-28-21(4)26-10-8-19(2)24-12-14-32(6)39-30(37-28)34(24,26)43-41-32/h18-30,35H,7-17H2,1-6H3/t18-,19-,20-,21-,22?,23+,24+,25+,26+,27-,28?,29-,30-,31+,32+,33-,34-/m1/s1. The van der Waals surface area contributed by atoms with Gasteiger partial charge in [0.25, 0.3) is 0 Å². The Hall–Kier alpha value is -0.360. The third-order valence-electron chi connectivity index (χ3n) is 14.0. The van der Waals surface area contributed by atoms with Crippen molar-refractivity contribution in [2.45, 2.75) is 153 Å². The topological polar surface area (TPSA) is 94.1 Å². The summed E-state index contributed by atoms with van der Waals surface area (Å²) in [6.45, 7) is 13.4. The summed E-state index contributed by atoms with van der Waals surface area (Å²) >= 11 is 0. The smallest absolute Gasteiger partial charge is 0.201 e. The van der Waals surface area contributed by atoms with Crippen molar-refractivity contribution in [1.82, 2.24) is 0 Å². The van der Waals surface area contributed by atoms with Crippen LogP contribution in [0.3, 0.4) is 0 Å². The Morgan fingerprint density at radius 2 is 1.05 bits per heavy atom. The third-order valence-corrected chi connectivity index (χ3v) is 14.0. The van der Waals surface area contributed by atoms with Crippen molar-refractivity contribution >= 4 is 0 Å². The van der Waals surface area contributed by atoms with Crippen molar-refractivity contribution < 1.29 is 43.6 Å². The van der Waals surface area contributed by atoms with Gasteiger partial charge < -0.3 is 24.1 Å². The van der Waals surface area contributed by atoms with Crippen LogP contribution in [0.15, 0.2) is 0 Å². The zero-order chi connectivity index (χ0) is 29.9. The highest BCUT2D eigenvalue weighted by atomic mass is 17.3. The molecule has 4 bridgehead atoms. The van der Waals surface area contributed by atoms with Gasteiger partial charge in [0.2, 0.25) is 11.6 Å². The number of fused-ring (bicyclic) bond motifs is 4. The molecule has 0 aromatic carbocycles. The molecule has 2 spiro atoms. The Morgan fingerprint density at radius 1 is 0.605 bits per heavy atom. The molecule has 10 aliphatic rings. The molecule has 9 nitrogen and oxygen atoms in total. The molecule has 10 fully saturated rings. The van der Waals surface area contributed by atoms with E-state index >= 15 is 0 Å². The van der Waals surface area contributed by atoms with Gasteiger partial charge in [0.15, 0.2) is 23.8 Å². The van der Waals surface area contributed by atoms with Crippen molar-refractivity contribution in [3.8, 4) is 0 Å². The predicted molar refractivity (Wildman–Crippen MR) is 153 cm³/mol. The second-order valence-electron chi connectivity index (χ2n) is 16.4. The summed E-state index contributed by atoms with van der Waals surface area (Å²) in [6, 6.07) is 0. The monoisotopic (exact) mass is 606 g/mol. The van der Waals surface area contributed by atoms with Crippen molar-refractivity contribution in [2.75, 3.05) is 6.61 Å². The molecule has 8 saturated heterocycles. The van der Waals surface area contributed by atoms with Crippen LogP contribution in [-0.2, 0) is 38.5 Å². The van der Waals surface area contributed by atoms with E-state index in [1.807, 2.05) is 13.8 Å². The van der Waals surface area contributed by atoms with E-state index in [0.717, 1.165) is 51.4 Å². The molecule has 8 aliphatic heterocycles. The molecule has 0 radical (unpaired) electrons. The van der Waals surface area contributed by atoms with E-state index in [1.165, 1.54) is 12.8 Å². The molecule has 0 aromatic rings. The van der Waals surface area contributed by atoms with Crippen LogP contribution in [0.4, 0.5) is 0 Å². The summed E-state index contributed by atoms with van der Waals surface area (Å²) in [6.07, 6.45) is 8.74. The Bertz CT molecular complexity index is 994. The third kappa shape index (κ3) is 4.28. The first kappa shape index (κ1) is 30.0. The van der Waals surface area contributed by atoms with Crippen molar-refractivity contribution in [2.24, 2.45) is 53.3 Å². The van der Waals surface area contributed by atoms with Crippen LogP contribution in [0.25, 0.3) is 0 Å². The second kappa shape index (κ2) is 10.3. The maximum absolute atomic E-state index is 10.8. The van der Waals surface area contributed by atoms with Crippen molar-refractivity contribution in [1.29, 1.82) is 0 Å². The lowest BCUT2D eigenvalue weighted by Crippen LogP contribution is -2.70. The van der Waals surface area contributed by atoms with Crippen LogP contribution in [0.2, 0.25) is 0 Å². The van der Waals surface area contributed by atoms with E-state index in [0.29, 0.717) is 23.7 Å². The molecule has 10 rings (SSSR count). The van der Waals surface area contributed by atoms with Gasteiger partial charge in [0, 0.05) is 31.3 Å². The Balaban J connectivity index is 1.02. The molecule has 17 atom stereocenters. The molecule has 0 amide bonds. The fourth-order valence-corrected chi connectivity index (χ4v) is 11.4. The van der Waals surface area contributed by atoms with Gasteiger partial charge in [-0.25, -0.2) is 19.6 Å². The van der Waals surface area contributed by atoms with Crippen molar-refractivity contribution in [3.63, 3.8) is 0 Å². The van der Waals surface area contributed by atoms with Crippen molar-refractivity contribution in [3.05, 3.63) is 0 Å². The molecular formula is C34H54O9. The van der Waals surface area contributed by atoms with Gasteiger partial charge in [-0.3, -0.25) is 0 Å². The lowest BCUT2D eigenvalue weighted by atomic mass is 9.56. The molecule has 8 heterocycles. The van der Waals surface area contributed by atoms with Gasteiger partial charge >= 0.3 is 0 Å². The Morgan fingerprint density at radius 3 is 1.47 bits per heavy atom. The zero-order valence-electron chi connectivity index (χ0n) is 27.0. The van der Waals surface area contributed by atoms with E-state index < -0.39 is 35.4 Å². The van der Waals surface area contributed by atoms with Gasteiger partial charge in [-0.1, -0.05) is 27.7 Å². The van der Waals surface area contributed by atoms with Gasteiger partial charge in [-0.05, 0) is 107 Å². The molecule has 43 heavy (non-hydrogen) atoms. The minimum atomic E-state index is -0.782. The molecule has 2 saturated carbocycles. The fourth-order valence-electron chi connectivity index (χ4n) is 11.4. The largest absolute Gasteiger partial charge is 0.396 e. The lowest BCUT2D eigenvalue weighted by molar-refractivity contribution is -0.571. The van der Waals surface area contributed by atoms with Gasteiger partial charge in [0.05, 0.1) is 12.2 Å². The van der Waals surface area contributed by atoms with E-state index in [4.69, 9.17) is 38.5 Å². The average molecular weight is 607 g/mol. The minimum absolute atomic E-state index is 0.0334. The summed E-state index contributed by atoms with van der Waals surface area (Å²) in [4.78, 5) is 24.7. The summed E-state index contributed by atoms with van der Waals surface area (Å²) in [7, 11) is 0. The number of aliphatic hydroxyl groups excluding tert-OH is 1. The van der Waals surface area contributed by atoms with Crippen LogP contribution in [0.5, 0.6) is 0 Å². The highest BCUT2D eigenvalue weighted by Gasteiger charge is 2.71. The van der Waals surface area contributed by atoms with E-state index in [2.05, 4.69) is 27.7 Å². The van der Waals surface area contributed by atoms with Crippen LogP contribution in [0.1, 0.15) is 106 Å². The maximum Gasteiger partial charge on any atom is 0.201 e. The highest BCUT2D eigenvalue weighted by molar-refractivity contribution is 5.11. The average Bonchev–Trinajstić information content (AvgIpc) is 3.35. The first-order valence-corrected chi connectivity index (χ1v) is 17.5. The normalized spacial score (nSPS) is 59.5. The van der Waals surface area contributed by atoms with Crippen LogP contribution >= 0.6 is 0 Å². The number of rotatable bonds is 5. The molecule has 2 unspecified atom stereocenters. The predicted octanol–water partition coefficient (Wildman–Crippen LogP) is 5.88. The second-order valence-corrected chi connectivity index (χ2v) is 16.4. The molecule has 2 aliphatic carbocycles. The van der Waals surface area contributed by atoms with Gasteiger partial charge in [0.1, 0.15) is 0 Å². The van der Waals surface area contributed by atoms with E-state index in [1.54, 1.807) is 0 Å². The molecular weight excluding hydrogens is 552 g/mol. The molecule has 1 N–H and O–H groups in total. The van der Waals surface area contributed by atoms with Crippen LogP contribution in [0, 0.1) is 53.3 Å². The summed E-state index contributed by atoms with van der Waals surface area (Å²) in [5.41, 5.74) is -1.12. The first-order valence-electron chi connectivity index (χ1n) is 17.5. The number of hydrogen-bond acceptors (Lipinski definition) is 9. The minimum Gasteiger partial charge on any atom is -0.396 e. The molecule has 9 heteroatoms. The number of aliphatic hydroxyl groups is 1. The van der Waals surface area contributed by atoms with Crippen LogP contribution < -0.4 is 0 Å². The first-order chi connectivity index (χ1) is 20.5. The number of ether oxygens (including phenoxy) is 4. The SMILES string of the molecule is C[C@H]1[C@@H](CC(CO)CC2O[C@@H]3O[C@]4(C)CC[C@H]5[C@H](C)CC[C@@H]([C@H]2C)[C@@]35OO4)O[C@@H]2O[C@]3(C)CC[C@H]4[C@H](C)CC[C@@H]1[C@@]24OO3. The van der Waals surface area contributed by atoms with E-state index in [-0.39, 0.29) is 48.4 Å². The van der Waals surface area contributed by atoms with Crippen LogP contribution in [-0.4, -0.2) is 59.3 Å². The summed E-state index contributed by atoms with van der Waals surface area (Å²) in [5.74, 6) is 1.35. The zero-order valence-corrected chi connectivity index (χ0v) is 27.0. The Kier molecular flexibility index (Phi) is 7.20. The maximum atomic E-state index is 10.8. The Labute approximate surface area is 256 Å². The molecule has 244 valence electrons. The van der Waals surface area contributed by atoms with Gasteiger partial charge in [-0.15, -0.1) is 0 Å². The fraction of sp³-hybridized carbons (Fsp3) is 1.00. The number of hydrogen-bond donors (Lipinski definition) is 1. The summed E-state index contributed by atoms with van der Waals surface area (Å²) in [5, 5.41) is 10.8. The summed E-state index contributed by atoms with van der Waals surface area (Å²) < 4.78 is 27.0. The highest BCUT2D eigenvalue weighted by Crippen LogP contribution is 2.63. The molecule has 0 aromatic heterocycles. The van der Waals surface area contributed by atoms with E-state index in [9.17, 15) is 5.11 Å². The lowest BCUT2D eigenvalue weighted by Gasteiger charge is -2.61. The quantitative estimate of drug-likeness (QED) is 0.385.